The van der Waals surface area contributed by atoms with Crippen LogP contribution in [0, 0.1) is 0 Å². The third kappa shape index (κ3) is 4.11. The van der Waals surface area contributed by atoms with Crippen molar-refractivity contribution >= 4 is 5.82 Å². The van der Waals surface area contributed by atoms with Gasteiger partial charge in [0.15, 0.2) is 0 Å². The van der Waals surface area contributed by atoms with E-state index in [9.17, 15) is 13.2 Å². The molecule has 0 saturated carbocycles. The summed E-state index contributed by atoms with van der Waals surface area (Å²) in [5.74, 6) is 1.21. The van der Waals surface area contributed by atoms with E-state index in [0.717, 1.165) is 23.6 Å². The van der Waals surface area contributed by atoms with Crippen molar-refractivity contribution in [2.45, 2.75) is 12.6 Å². The molecule has 0 saturated heterocycles. The summed E-state index contributed by atoms with van der Waals surface area (Å²) in [7, 11) is 1.60. The number of nitrogens with zero attached hydrogens (tertiary/aromatic N) is 1. The number of hydrogen-bond acceptors (Lipinski definition) is 3. The minimum atomic E-state index is -4.36. The largest absolute Gasteiger partial charge is 0.496 e. The normalized spacial score (nSPS) is 11.2. The van der Waals surface area contributed by atoms with Crippen LogP contribution in [0.4, 0.5) is 19.0 Å². The molecule has 6 heteroatoms. The molecule has 1 heterocycles. The number of methoxy groups -OCH3 is 1. The Bertz CT molecular complexity index is 582. The van der Waals surface area contributed by atoms with Crippen molar-refractivity contribution < 1.29 is 17.9 Å². The van der Waals surface area contributed by atoms with Crippen LogP contribution in [0.3, 0.4) is 0 Å². The molecule has 0 aliphatic heterocycles. The number of ether oxygens (including phenoxy) is 1. The first kappa shape index (κ1) is 15.2. The molecule has 1 N–H and O–H groups in total. The second kappa shape index (κ2) is 6.47. The van der Waals surface area contributed by atoms with Gasteiger partial charge in [-0.05, 0) is 30.2 Å². The zero-order chi connectivity index (χ0) is 15.3. The Labute approximate surface area is 120 Å². The third-order valence-electron chi connectivity index (χ3n) is 2.98. The van der Waals surface area contributed by atoms with Gasteiger partial charge in [-0.1, -0.05) is 18.2 Å². The second-order valence-electron chi connectivity index (χ2n) is 4.42. The van der Waals surface area contributed by atoms with Crippen LogP contribution >= 0.6 is 0 Å². The molecule has 21 heavy (non-hydrogen) atoms. The van der Waals surface area contributed by atoms with E-state index in [1.165, 1.54) is 6.07 Å². The van der Waals surface area contributed by atoms with E-state index in [0.29, 0.717) is 18.8 Å². The molecule has 0 unspecified atom stereocenters. The number of aromatic nitrogens is 1. The number of pyridine rings is 1. The first-order valence-corrected chi connectivity index (χ1v) is 6.39. The molecular weight excluding hydrogens is 281 g/mol. The Morgan fingerprint density at radius 3 is 2.52 bits per heavy atom. The summed E-state index contributed by atoms with van der Waals surface area (Å²) in [6, 6.07) is 9.94. The lowest BCUT2D eigenvalue weighted by Crippen LogP contribution is -2.09. The van der Waals surface area contributed by atoms with Crippen LogP contribution in [-0.4, -0.2) is 18.6 Å². The highest BCUT2D eigenvalue weighted by molar-refractivity contribution is 5.38. The maximum atomic E-state index is 12.4. The fraction of sp³-hybridized carbons (Fsp3) is 0.267. The monoisotopic (exact) mass is 296 g/mol. The lowest BCUT2D eigenvalue weighted by Gasteiger charge is -2.10. The number of alkyl halides is 3. The van der Waals surface area contributed by atoms with E-state index in [4.69, 9.17) is 4.74 Å². The summed E-state index contributed by atoms with van der Waals surface area (Å²) in [5.41, 5.74) is 0.275. The van der Waals surface area contributed by atoms with Crippen molar-refractivity contribution in [2.24, 2.45) is 0 Å². The van der Waals surface area contributed by atoms with Gasteiger partial charge in [0.2, 0.25) is 0 Å². The number of anilines is 1. The lowest BCUT2D eigenvalue weighted by molar-refractivity contribution is -0.137. The summed E-state index contributed by atoms with van der Waals surface area (Å²) >= 11 is 0. The van der Waals surface area contributed by atoms with Gasteiger partial charge in [-0.25, -0.2) is 4.98 Å². The number of rotatable bonds is 5. The fourth-order valence-electron chi connectivity index (χ4n) is 1.90. The van der Waals surface area contributed by atoms with Crippen LogP contribution in [0.15, 0.2) is 42.6 Å². The van der Waals surface area contributed by atoms with Gasteiger partial charge in [0.05, 0.1) is 12.7 Å². The van der Waals surface area contributed by atoms with E-state index < -0.39 is 11.7 Å². The number of nitrogens with one attached hydrogen (secondary N) is 1. The highest BCUT2D eigenvalue weighted by atomic mass is 19.4. The average molecular weight is 296 g/mol. The molecule has 1 aromatic heterocycles. The van der Waals surface area contributed by atoms with Crippen LogP contribution in [-0.2, 0) is 12.6 Å². The molecule has 112 valence electrons. The molecule has 2 aromatic rings. The van der Waals surface area contributed by atoms with Crippen molar-refractivity contribution in [3.8, 4) is 5.75 Å². The molecule has 0 fully saturated rings. The number of benzene rings is 1. The number of halogens is 3. The van der Waals surface area contributed by atoms with Crippen LogP contribution in [0.1, 0.15) is 11.1 Å². The number of para-hydroxylation sites is 1. The van der Waals surface area contributed by atoms with Gasteiger partial charge in [-0.15, -0.1) is 0 Å². The SMILES string of the molecule is COc1ccccc1CCNc1ccc(C(F)(F)F)cn1. The summed E-state index contributed by atoms with van der Waals surface area (Å²) < 4.78 is 42.4. The molecule has 0 spiro atoms. The minimum absolute atomic E-state index is 0.415. The standard InChI is InChI=1S/C15H15F3N2O/c1-21-13-5-3-2-4-11(13)8-9-19-14-7-6-12(10-20-14)15(16,17)18/h2-7,10H,8-9H2,1H3,(H,19,20). The van der Waals surface area contributed by atoms with Gasteiger partial charge >= 0.3 is 6.18 Å². The van der Waals surface area contributed by atoms with Crippen molar-refractivity contribution in [1.29, 1.82) is 0 Å². The average Bonchev–Trinajstić information content (AvgIpc) is 2.47. The van der Waals surface area contributed by atoms with E-state index >= 15 is 0 Å². The topological polar surface area (TPSA) is 34.1 Å². The Balaban J connectivity index is 1.92. The second-order valence-corrected chi connectivity index (χ2v) is 4.42. The summed E-state index contributed by atoms with van der Waals surface area (Å²) in [6.45, 7) is 0.554. The zero-order valence-corrected chi connectivity index (χ0v) is 11.4. The molecule has 3 nitrogen and oxygen atoms in total. The third-order valence-corrected chi connectivity index (χ3v) is 2.98. The first-order chi connectivity index (χ1) is 10.0. The summed E-state index contributed by atoms with van der Waals surface area (Å²) in [4.78, 5) is 3.76. The maximum absolute atomic E-state index is 12.4. The molecule has 0 aliphatic rings. The highest BCUT2D eigenvalue weighted by Crippen LogP contribution is 2.28. The van der Waals surface area contributed by atoms with Gasteiger partial charge in [-0.3, -0.25) is 0 Å². The quantitative estimate of drug-likeness (QED) is 0.912. The zero-order valence-electron chi connectivity index (χ0n) is 11.4. The highest BCUT2D eigenvalue weighted by Gasteiger charge is 2.30. The molecule has 0 radical (unpaired) electrons. The number of hydrogen-bond donors (Lipinski definition) is 1. The van der Waals surface area contributed by atoms with Gasteiger partial charge in [0.1, 0.15) is 11.6 Å². The van der Waals surface area contributed by atoms with Crippen LogP contribution in [0.5, 0.6) is 5.75 Å². The Morgan fingerprint density at radius 2 is 1.90 bits per heavy atom. The van der Waals surface area contributed by atoms with Crippen molar-refractivity contribution in [1.82, 2.24) is 4.98 Å². The summed E-state index contributed by atoms with van der Waals surface area (Å²) in [6.07, 6.45) is -2.85. The maximum Gasteiger partial charge on any atom is 0.417 e. The molecule has 1 aromatic carbocycles. The molecular formula is C15H15F3N2O. The van der Waals surface area contributed by atoms with E-state index in [1.54, 1.807) is 7.11 Å². The van der Waals surface area contributed by atoms with Crippen molar-refractivity contribution in [3.63, 3.8) is 0 Å². The van der Waals surface area contributed by atoms with Gasteiger partial charge in [0, 0.05) is 12.7 Å². The molecule has 0 amide bonds. The predicted molar refractivity (Wildman–Crippen MR) is 74.4 cm³/mol. The Kier molecular flexibility index (Phi) is 4.67. The van der Waals surface area contributed by atoms with Crippen molar-refractivity contribution in [2.75, 3.05) is 19.0 Å². The van der Waals surface area contributed by atoms with Crippen LogP contribution in [0.25, 0.3) is 0 Å². The van der Waals surface area contributed by atoms with Crippen molar-refractivity contribution in [3.05, 3.63) is 53.7 Å². The van der Waals surface area contributed by atoms with E-state index in [-0.39, 0.29) is 0 Å². The predicted octanol–water partition coefficient (Wildman–Crippen LogP) is 3.76. The molecule has 0 aliphatic carbocycles. The van der Waals surface area contributed by atoms with Crippen LogP contribution in [0.2, 0.25) is 0 Å². The fourth-order valence-corrected chi connectivity index (χ4v) is 1.90. The van der Waals surface area contributed by atoms with E-state index in [2.05, 4.69) is 10.3 Å². The molecule has 0 atom stereocenters. The van der Waals surface area contributed by atoms with Crippen LogP contribution < -0.4 is 10.1 Å². The first-order valence-electron chi connectivity index (χ1n) is 6.39. The van der Waals surface area contributed by atoms with Gasteiger partial charge in [0.25, 0.3) is 0 Å². The lowest BCUT2D eigenvalue weighted by atomic mass is 10.1. The minimum Gasteiger partial charge on any atom is -0.496 e. The Hall–Kier alpha value is -2.24. The molecule has 0 bridgehead atoms. The Morgan fingerprint density at radius 1 is 1.14 bits per heavy atom. The smallest absolute Gasteiger partial charge is 0.417 e. The van der Waals surface area contributed by atoms with Gasteiger partial charge in [-0.2, -0.15) is 13.2 Å². The van der Waals surface area contributed by atoms with Gasteiger partial charge < -0.3 is 10.1 Å². The van der Waals surface area contributed by atoms with E-state index in [1.807, 2.05) is 24.3 Å². The molecule has 2 rings (SSSR count). The summed E-state index contributed by atoms with van der Waals surface area (Å²) in [5, 5.41) is 2.99.